The quantitative estimate of drug-likeness (QED) is 0.801. The number of hydrogen-bond acceptors (Lipinski definition) is 2. The van der Waals surface area contributed by atoms with Crippen molar-refractivity contribution >= 4 is 5.91 Å². The van der Waals surface area contributed by atoms with Gasteiger partial charge in [-0.3, -0.25) is 4.79 Å². The fourth-order valence-corrected chi connectivity index (χ4v) is 2.45. The zero-order chi connectivity index (χ0) is 12.8. The number of piperidine rings is 1. The van der Waals surface area contributed by atoms with Crippen LogP contribution in [0, 0.1) is 17.8 Å². The molecule has 17 heavy (non-hydrogen) atoms. The van der Waals surface area contributed by atoms with E-state index >= 15 is 0 Å². The third-order valence-electron chi connectivity index (χ3n) is 4.20. The Bertz CT molecular complexity index is 242. The van der Waals surface area contributed by atoms with Gasteiger partial charge in [0.1, 0.15) is 0 Å². The maximum atomic E-state index is 12.1. The van der Waals surface area contributed by atoms with Crippen LogP contribution >= 0.6 is 0 Å². The maximum absolute atomic E-state index is 12.1. The molecule has 1 heterocycles. The molecule has 3 heteroatoms. The molecule has 1 fully saturated rings. The fourth-order valence-electron chi connectivity index (χ4n) is 2.45. The second-order valence-corrected chi connectivity index (χ2v) is 5.80. The molecular weight excluding hydrogens is 212 g/mol. The van der Waals surface area contributed by atoms with Crippen molar-refractivity contribution in [3.05, 3.63) is 0 Å². The van der Waals surface area contributed by atoms with E-state index in [1.807, 2.05) is 0 Å². The van der Waals surface area contributed by atoms with E-state index in [1.165, 1.54) is 0 Å². The molecule has 3 nitrogen and oxygen atoms in total. The van der Waals surface area contributed by atoms with E-state index in [1.54, 1.807) is 0 Å². The third-order valence-corrected chi connectivity index (χ3v) is 4.20. The Morgan fingerprint density at radius 2 is 2.06 bits per heavy atom. The van der Waals surface area contributed by atoms with E-state index in [9.17, 15) is 4.79 Å². The summed E-state index contributed by atoms with van der Waals surface area (Å²) in [7, 11) is 0. The molecule has 2 N–H and O–H groups in total. The lowest BCUT2D eigenvalue weighted by molar-refractivity contribution is -0.133. The molecule has 0 aliphatic carbocycles. The van der Waals surface area contributed by atoms with Crippen molar-refractivity contribution in [2.24, 2.45) is 23.5 Å². The van der Waals surface area contributed by atoms with Crippen LogP contribution in [0.3, 0.4) is 0 Å². The molecule has 1 aliphatic heterocycles. The van der Waals surface area contributed by atoms with Crippen molar-refractivity contribution in [1.82, 2.24) is 4.90 Å². The molecule has 1 saturated heterocycles. The average molecular weight is 240 g/mol. The minimum Gasteiger partial charge on any atom is -0.342 e. The fraction of sp³-hybridized carbons (Fsp3) is 0.929. The van der Waals surface area contributed by atoms with Crippen LogP contribution < -0.4 is 5.73 Å². The minimum absolute atomic E-state index is 0.340. The van der Waals surface area contributed by atoms with E-state index in [0.29, 0.717) is 24.2 Å². The Kier molecular flexibility index (Phi) is 5.96. The van der Waals surface area contributed by atoms with Crippen LogP contribution in [-0.2, 0) is 4.79 Å². The minimum atomic E-state index is 0.340. The monoisotopic (exact) mass is 240 g/mol. The molecule has 0 radical (unpaired) electrons. The summed E-state index contributed by atoms with van der Waals surface area (Å²) in [4.78, 5) is 14.1. The number of nitrogens with zero attached hydrogens (tertiary/aromatic N) is 1. The van der Waals surface area contributed by atoms with E-state index < -0.39 is 0 Å². The van der Waals surface area contributed by atoms with Crippen LogP contribution in [0.25, 0.3) is 0 Å². The first-order chi connectivity index (χ1) is 8.04. The smallest absolute Gasteiger partial charge is 0.222 e. The highest BCUT2D eigenvalue weighted by Gasteiger charge is 2.25. The van der Waals surface area contributed by atoms with Crippen molar-refractivity contribution < 1.29 is 4.79 Å². The molecule has 3 atom stereocenters. The van der Waals surface area contributed by atoms with Crippen molar-refractivity contribution in [3.63, 3.8) is 0 Å². The van der Waals surface area contributed by atoms with Gasteiger partial charge in [0, 0.05) is 19.5 Å². The summed E-state index contributed by atoms with van der Waals surface area (Å²) in [5, 5.41) is 0. The molecule has 0 aromatic rings. The predicted molar refractivity (Wildman–Crippen MR) is 71.6 cm³/mol. The Morgan fingerprint density at radius 1 is 1.35 bits per heavy atom. The van der Waals surface area contributed by atoms with Gasteiger partial charge in [0.05, 0.1) is 0 Å². The van der Waals surface area contributed by atoms with Crippen LogP contribution in [0.1, 0.15) is 46.5 Å². The summed E-state index contributed by atoms with van der Waals surface area (Å²) in [5.74, 6) is 2.32. The molecule has 1 aliphatic rings. The summed E-state index contributed by atoms with van der Waals surface area (Å²) in [6.07, 6.45) is 3.87. The van der Waals surface area contributed by atoms with E-state index in [2.05, 4.69) is 25.7 Å². The summed E-state index contributed by atoms with van der Waals surface area (Å²) < 4.78 is 0. The first kappa shape index (κ1) is 14.5. The van der Waals surface area contributed by atoms with Gasteiger partial charge >= 0.3 is 0 Å². The van der Waals surface area contributed by atoms with Gasteiger partial charge in [0.15, 0.2) is 0 Å². The van der Waals surface area contributed by atoms with E-state index in [0.717, 1.165) is 44.8 Å². The van der Waals surface area contributed by atoms with Gasteiger partial charge in [-0.05, 0) is 43.6 Å². The van der Waals surface area contributed by atoms with Crippen molar-refractivity contribution in [1.29, 1.82) is 0 Å². The van der Waals surface area contributed by atoms with Crippen LogP contribution in [0.15, 0.2) is 0 Å². The molecule has 0 aromatic heterocycles. The SMILES string of the molecule is CC(CCN)CCC(=O)N1CCC(C)C(C)C1. The van der Waals surface area contributed by atoms with Crippen molar-refractivity contribution in [3.8, 4) is 0 Å². The number of nitrogens with two attached hydrogens (primary N) is 1. The lowest BCUT2D eigenvalue weighted by Crippen LogP contribution is -2.42. The Morgan fingerprint density at radius 3 is 2.65 bits per heavy atom. The van der Waals surface area contributed by atoms with Crippen LogP contribution in [0.4, 0.5) is 0 Å². The van der Waals surface area contributed by atoms with Crippen molar-refractivity contribution in [2.45, 2.75) is 46.5 Å². The lowest BCUT2D eigenvalue weighted by Gasteiger charge is -2.35. The Hall–Kier alpha value is -0.570. The molecule has 0 aromatic carbocycles. The zero-order valence-corrected chi connectivity index (χ0v) is 11.6. The van der Waals surface area contributed by atoms with Crippen molar-refractivity contribution in [2.75, 3.05) is 19.6 Å². The highest BCUT2D eigenvalue weighted by molar-refractivity contribution is 5.76. The standard InChI is InChI=1S/C14H28N2O/c1-11(6-8-15)4-5-14(17)16-9-7-12(2)13(3)10-16/h11-13H,4-10,15H2,1-3H3. The number of hydrogen-bond donors (Lipinski definition) is 1. The maximum Gasteiger partial charge on any atom is 0.222 e. The molecule has 3 unspecified atom stereocenters. The van der Waals surface area contributed by atoms with Crippen LogP contribution in [-0.4, -0.2) is 30.4 Å². The predicted octanol–water partition coefficient (Wildman–Crippen LogP) is 2.26. The molecule has 0 saturated carbocycles. The normalized spacial score (nSPS) is 26.9. The first-order valence-electron chi connectivity index (χ1n) is 7.02. The zero-order valence-electron chi connectivity index (χ0n) is 11.6. The van der Waals surface area contributed by atoms with Gasteiger partial charge < -0.3 is 10.6 Å². The summed E-state index contributed by atoms with van der Waals surface area (Å²) >= 11 is 0. The molecule has 1 rings (SSSR count). The molecule has 0 spiro atoms. The number of carbonyl (C=O) groups excluding carboxylic acids is 1. The number of carbonyl (C=O) groups is 1. The molecule has 1 amide bonds. The first-order valence-corrected chi connectivity index (χ1v) is 7.02. The molecule has 0 bridgehead atoms. The van der Waals surface area contributed by atoms with E-state index in [4.69, 9.17) is 5.73 Å². The average Bonchev–Trinajstić information content (AvgIpc) is 2.30. The highest BCUT2D eigenvalue weighted by Crippen LogP contribution is 2.23. The Balaban J connectivity index is 2.28. The summed E-state index contributed by atoms with van der Waals surface area (Å²) in [5.41, 5.74) is 5.52. The van der Waals surface area contributed by atoms with Gasteiger partial charge in [0.25, 0.3) is 0 Å². The summed E-state index contributed by atoms with van der Waals surface area (Å²) in [6, 6.07) is 0. The van der Waals surface area contributed by atoms with Crippen LogP contribution in [0.5, 0.6) is 0 Å². The Labute approximate surface area is 106 Å². The number of amides is 1. The number of rotatable bonds is 5. The number of likely N-dealkylation sites (tertiary alicyclic amines) is 1. The van der Waals surface area contributed by atoms with Gasteiger partial charge in [-0.2, -0.15) is 0 Å². The largest absolute Gasteiger partial charge is 0.342 e. The lowest BCUT2D eigenvalue weighted by atomic mass is 9.88. The third kappa shape index (κ3) is 4.66. The molecule has 100 valence electrons. The topological polar surface area (TPSA) is 46.3 Å². The van der Waals surface area contributed by atoms with Gasteiger partial charge in [-0.15, -0.1) is 0 Å². The van der Waals surface area contributed by atoms with E-state index in [-0.39, 0.29) is 0 Å². The summed E-state index contributed by atoms with van der Waals surface area (Å²) in [6.45, 7) is 9.35. The van der Waals surface area contributed by atoms with Crippen LogP contribution in [0.2, 0.25) is 0 Å². The second kappa shape index (κ2) is 7.00. The second-order valence-electron chi connectivity index (χ2n) is 5.80. The molecular formula is C14H28N2O. The highest BCUT2D eigenvalue weighted by atomic mass is 16.2. The van der Waals surface area contributed by atoms with Gasteiger partial charge in [-0.1, -0.05) is 20.8 Å². The van der Waals surface area contributed by atoms with Gasteiger partial charge in [0.2, 0.25) is 5.91 Å². The van der Waals surface area contributed by atoms with Gasteiger partial charge in [-0.25, -0.2) is 0 Å².